The number of hydrogen-bond acceptors (Lipinski definition) is 5. The van der Waals surface area contributed by atoms with Crippen LogP contribution in [-0.4, -0.2) is 45.4 Å². The Bertz CT molecular complexity index is 701. The Balaban J connectivity index is 1.53. The maximum atomic E-state index is 12.2. The number of aryl methyl sites for hydroxylation is 1. The smallest absolute Gasteiger partial charge is 0.265 e. The third-order valence-electron chi connectivity index (χ3n) is 3.92. The first-order chi connectivity index (χ1) is 11.1. The molecule has 1 aromatic heterocycles. The molecular weight excluding hydrogens is 312 g/mol. The van der Waals surface area contributed by atoms with E-state index in [2.05, 4.69) is 27.0 Å². The van der Waals surface area contributed by atoms with Crippen molar-refractivity contribution in [2.45, 2.75) is 25.8 Å². The van der Waals surface area contributed by atoms with E-state index in [1.54, 1.807) is 6.92 Å². The van der Waals surface area contributed by atoms with Gasteiger partial charge in [0.25, 0.3) is 5.91 Å². The largest absolute Gasteiger partial charge is 0.346 e. The van der Waals surface area contributed by atoms with Gasteiger partial charge in [-0.2, -0.15) is 0 Å². The number of likely N-dealkylation sites (tertiary alicyclic amines) is 1. The summed E-state index contributed by atoms with van der Waals surface area (Å²) in [5.74, 6) is -0.106. The highest BCUT2D eigenvalue weighted by Gasteiger charge is 2.31. The minimum Gasteiger partial charge on any atom is -0.346 e. The van der Waals surface area contributed by atoms with Gasteiger partial charge >= 0.3 is 0 Å². The van der Waals surface area contributed by atoms with Gasteiger partial charge in [0.1, 0.15) is 4.88 Å². The summed E-state index contributed by atoms with van der Waals surface area (Å²) in [6.45, 7) is 2.99. The zero-order valence-corrected chi connectivity index (χ0v) is 13.7. The molecule has 1 aromatic carbocycles. The summed E-state index contributed by atoms with van der Waals surface area (Å²) in [7, 11) is 0. The van der Waals surface area contributed by atoms with Crippen molar-refractivity contribution in [1.82, 2.24) is 19.8 Å². The highest BCUT2D eigenvalue weighted by atomic mass is 32.1. The molecule has 2 aromatic rings. The average Bonchev–Trinajstić information content (AvgIpc) is 3.12. The summed E-state index contributed by atoms with van der Waals surface area (Å²) >= 11 is 1.08. The van der Waals surface area contributed by atoms with Crippen molar-refractivity contribution in [3.63, 3.8) is 0 Å². The van der Waals surface area contributed by atoms with Gasteiger partial charge < -0.3 is 10.2 Å². The minimum absolute atomic E-state index is 0.0883. The molecule has 1 saturated heterocycles. The molecule has 1 aliphatic rings. The number of rotatable bonds is 5. The van der Waals surface area contributed by atoms with E-state index in [1.807, 2.05) is 23.1 Å². The second kappa shape index (κ2) is 6.87. The molecule has 0 radical (unpaired) electrons. The van der Waals surface area contributed by atoms with Crippen molar-refractivity contribution in [2.24, 2.45) is 0 Å². The van der Waals surface area contributed by atoms with Crippen LogP contribution in [0.1, 0.15) is 27.3 Å². The fourth-order valence-corrected chi connectivity index (χ4v) is 3.24. The van der Waals surface area contributed by atoms with Gasteiger partial charge in [-0.25, -0.2) is 0 Å². The number of amides is 2. The number of nitrogens with one attached hydrogen (secondary N) is 1. The molecule has 1 aliphatic heterocycles. The molecule has 120 valence electrons. The number of hydrogen-bond donors (Lipinski definition) is 1. The molecule has 1 unspecified atom stereocenters. The molecular formula is C16H18N4O2S. The fourth-order valence-electron chi connectivity index (χ4n) is 2.68. The van der Waals surface area contributed by atoms with Crippen LogP contribution in [0.4, 0.5) is 0 Å². The zero-order valence-electron chi connectivity index (χ0n) is 12.9. The maximum absolute atomic E-state index is 12.2. The summed E-state index contributed by atoms with van der Waals surface area (Å²) in [5, 5.41) is 6.75. The predicted molar refractivity (Wildman–Crippen MR) is 87.2 cm³/mol. The first-order valence-corrected chi connectivity index (χ1v) is 8.32. The van der Waals surface area contributed by atoms with Crippen molar-refractivity contribution in [3.05, 3.63) is 46.5 Å². The zero-order chi connectivity index (χ0) is 16.2. The molecule has 0 aliphatic carbocycles. The Morgan fingerprint density at radius 1 is 1.39 bits per heavy atom. The Hall–Kier alpha value is -2.28. The van der Waals surface area contributed by atoms with E-state index in [0.717, 1.165) is 18.0 Å². The minimum atomic E-state index is -0.194. The lowest BCUT2D eigenvalue weighted by molar-refractivity contribution is -0.127. The molecule has 0 saturated carbocycles. The van der Waals surface area contributed by atoms with E-state index < -0.39 is 0 Å². The molecule has 23 heavy (non-hydrogen) atoms. The number of aromatic nitrogens is 2. The van der Waals surface area contributed by atoms with E-state index in [4.69, 9.17) is 0 Å². The number of carbonyl (C=O) groups excluding carboxylic acids is 2. The Labute approximate surface area is 138 Å². The van der Waals surface area contributed by atoms with Gasteiger partial charge in [-0.15, -0.1) is 5.10 Å². The predicted octanol–water partition coefficient (Wildman–Crippen LogP) is 1.42. The molecule has 2 heterocycles. The van der Waals surface area contributed by atoms with Crippen LogP contribution in [0.5, 0.6) is 0 Å². The average molecular weight is 330 g/mol. The third-order valence-corrected chi connectivity index (χ3v) is 4.75. The lowest BCUT2D eigenvalue weighted by Gasteiger charge is -2.17. The first kappa shape index (κ1) is 15.6. The van der Waals surface area contributed by atoms with Crippen LogP contribution in [0, 0.1) is 6.92 Å². The van der Waals surface area contributed by atoms with E-state index in [9.17, 15) is 9.59 Å². The van der Waals surface area contributed by atoms with Crippen LogP contribution in [-0.2, 0) is 11.2 Å². The van der Waals surface area contributed by atoms with Gasteiger partial charge in [-0.1, -0.05) is 34.8 Å². The molecule has 0 spiro atoms. The summed E-state index contributed by atoms with van der Waals surface area (Å²) in [6, 6.07) is 9.93. The summed E-state index contributed by atoms with van der Waals surface area (Å²) in [4.78, 5) is 26.6. The van der Waals surface area contributed by atoms with Gasteiger partial charge in [0.05, 0.1) is 11.7 Å². The quantitative estimate of drug-likeness (QED) is 0.900. The maximum Gasteiger partial charge on any atom is 0.265 e. The summed E-state index contributed by atoms with van der Waals surface area (Å²) < 4.78 is 3.76. The van der Waals surface area contributed by atoms with Crippen LogP contribution in [0.2, 0.25) is 0 Å². The second-order valence-corrected chi connectivity index (χ2v) is 6.39. The molecule has 6 nitrogen and oxygen atoms in total. The van der Waals surface area contributed by atoms with Gasteiger partial charge in [0.15, 0.2) is 0 Å². The van der Waals surface area contributed by atoms with Crippen molar-refractivity contribution in [1.29, 1.82) is 0 Å². The second-order valence-electron chi connectivity index (χ2n) is 5.64. The van der Waals surface area contributed by atoms with Crippen molar-refractivity contribution in [2.75, 3.05) is 13.1 Å². The number of carbonyl (C=O) groups is 2. The van der Waals surface area contributed by atoms with Crippen molar-refractivity contribution < 1.29 is 9.59 Å². The molecule has 1 atom stereocenters. The highest BCUT2D eigenvalue weighted by molar-refractivity contribution is 7.08. The highest BCUT2D eigenvalue weighted by Crippen LogP contribution is 2.15. The lowest BCUT2D eigenvalue weighted by atomic mass is 10.1. The number of nitrogens with zero attached hydrogens (tertiary/aromatic N) is 3. The van der Waals surface area contributed by atoms with E-state index in [0.29, 0.717) is 30.1 Å². The monoisotopic (exact) mass is 330 g/mol. The van der Waals surface area contributed by atoms with E-state index in [1.165, 1.54) is 5.56 Å². The van der Waals surface area contributed by atoms with Gasteiger partial charge in [-0.05, 0) is 30.4 Å². The molecule has 2 amide bonds. The van der Waals surface area contributed by atoms with Crippen LogP contribution in [0.3, 0.4) is 0 Å². The SMILES string of the molecule is Cc1nnsc1C(=O)NC1CC(=O)N(CCc2ccccc2)C1. The van der Waals surface area contributed by atoms with Gasteiger partial charge in [0.2, 0.25) is 5.91 Å². The van der Waals surface area contributed by atoms with Crippen molar-refractivity contribution >= 4 is 23.3 Å². The van der Waals surface area contributed by atoms with Crippen LogP contribution in [0.25, 0.3) is 0 Å². The lowest BCUT2D eigenvalue weighted by Crippen LogP contribution is -2.37. The molecule has 7 heteroatoms. The fraction of sp³-hybridized carbons (Fsp3) is 0.375. The van der Waals surface area contributed by atoms with E-state index in [-0.39, 0.29) is 17.9 Å². The Kier molecular flexibility index (Phi) is 4.66. The van der Waals surface area contributed by atoms with Gasteiger partial charge in [-0.3, -0.25) is 9.59 Å². The first-order valence-electron chi connectivity index (χ1n) is 7.55. The van der Waals surface area contributed by atoms with E-state index >= 15 is 0 Å². The molecule has 1 N–H and O–H groups in total. The Morgan fingerprint density at radius 2 is 2.17 bits per heavy atom. The number of benzene rings is 1. The molecule has 3 rings (SSSR count). The topological polar surface area (TPSA) is 75.2 Å². The standard InChI is InChI=1S/C16H18N4O2S/c1-11-15(23-19-18-11)16(22)17-13-9-14(21)20(10-13)8-7-12-5-3-2-4-6-12/h2-6,13H,7-10H2,1H3,(H,17,22). The molecule has 1 fully saturated rings. The normalized spacial score (nSPS) is 17.5. The third kappa shape index (κ3) is 3.73. The summed E-state index contributed by atoms with van der Waals surface area (Å²) in [5.41, 5.74) is 1.83. The summed E-state index contributed by atoms with van der Waals surface area (Å²) in [6.07, 6.45) is 1.18. The Morgan fingerprint density at radius 3 is 2.87 bits per heavy atom. The van der Waals surface area contributed by atoms with Crippen LogP contribution < -0.4 is 5.32 Å². The van der Waals surface area contributed by atoms with Crippen LogP contribution >= 0.6 is 11.5 Å². The van der Waals surface area contributed by atoms with Crippen molar-refractivity contribution in [3.8, 4) is 0 Å². The van der Waals surface area contributed by atoms with Gasteiger partial charge in [0, 0.05) is 19.5 Å². The molecule has 0 bridgehead atoms. The van der Waals surface area contributed by atoms with Crippen LogP contribution in [0.15, 0.2) is 30.3 Å².